The molecule has 0 amide bonds. The van der Waals surface area contributed by atoms with E-state index in [-0.39, 0.29) is 5.95 Å². The Morgan fingerprint density at radius 1 is 1.21 bits per heavy atom. The van der Waals surface area contributed by atoms with E-state index in [0.29, 0.717) is 12.3 Å². The number of nitrogens with zero attached hydrogens (tertiary/aromatic N) is 3. The molecular formula is C21H21FN4O2S. The Labute approximate surface area is 170 Å². The summed E-state index contributed by atoms with van der Waals surface area (Å²) in [6.45, 7) is 3.03. The molecule has 3 aromatic rings. The van der Waals surface area contributed by atoms with Crippen LogP contribution in [0.4, 0.5) is 21.7 Å². The van der Waals surface area contributed by atoms with Gasteiger partial charge in [-0.1, -0.05) is 36.4 Å². The Kier molecular flexibility index (Phi) is 5.44. The van der Waals surface area contributed by atoms with Gasteiger partial charge in [0, 0.05) is 24.2 Å². The second kappa shape index (κ2) is 8.16. The normalized spacial score (nSPS) is 16.2. The third-order valence-corrected chi connectivity index (χ3v) is 6.35. The van der Waals surface area contributed by atoms with Crippen LogP contribution in [-0.4, -0.2) is 26.1 Å². The molecule has 2 heterocycles. The van der Waals surface area contributed by atoms with Gasteiger partial charge in [-0.2, -0.15) is 9.37 Å². The molecule has 6 nitrogen and oxygen atoms in total. The Bertz CT molecular complexity index is 1120. The summed E-state index contributed by atoms with van der Waals surface area (Å²) in [5, 5.41) is 3.17. The van der Waals surface area contributed by atoms with Gasteiger partial charge in [0.05, 0.1) is 12.2 Å². The molecule has 1 saturated heterocycles. The van der Waals surface area contributed by atoms with Crippen molar-refractivity contribution in [3.63, 3.8) is 0 Å². The van der Waals surface area contributed by atoms with Crippen LogP contribution in [0.1, 0.15) is 17.5 Å². The molecule has 8 heteroatoms. The lowest BCUT2D eigenvalue weighted by molar-refractivity contribution is 0.579. The molecule has 1 aromatic heterocycles. The van der Waals surface area contributed by atoms with Gasteiger partial charge in [0.25, 0.3) is 0 Å². The predicted octanol–water partition coefficient (Wildman–Crippen LogP) is 3.36. The third kappa shape index (κ3) is 4.22. The Hall–Kier alpha value is -3.00. The zero-order chi connectivity index (χ0) is 20.4. The van der Waals surface area contributed by atoms with E-state index in [9.17, 15) is 13.4 Å². The van der Waals surface area contributed by atoms with E-state index in [0.717, 1.165) is 35.5 Å². The Morgan fingerprint density at radius 2 is 2.00 bits per heavy atom. The third-order valence-electron chi connectivity index (χ3n) is 4.83. The highest BCUT2D eigenvalue weighted by atomic mass is 32.2. The van der Waals surface area contributed by atoms with Gasteiger partial charge in [-0.3, -0.25) is 9.10 Å². The van der Waals surface area contributed by atoms with Gasteiger partial charge in [-0.15, -0.1) is 0 Å². The number of aromatic nitrogens is 2. The fraction of sp³-hybridized carbons (Fsp3) is 0.238. The first-order valence-electron chi connectivity index (χ1n) is 9.36. The molecule has 0 aliphatic carbocycles. The molecule has 1 N–H and O–H groups in total. The first-order chi connectivity index (χ1) is 14.0. The summed E-state index contributed by atoms with van der Waals surface area (Å²) in [5.74, 6) is 0.0136. The molecule has 1 fully saturated rings. The van der Waals surface area contributed by atoms with Crippen LogP contribution in [0.2, 0.25) is 0 Å². The standard InChI is InChI=1S/C21H21FN4O2S/c1-15-8-9-17(26-10-5-11-29(26)28)12-19(15)23-21-24-20(27)18(22)14-25(21)13-16-6-3-2-4-7-16/h2-4,6-9,12,14H,5,10-11,13H2,1H3,(H,23,24,27). The minimum absolute atomic E-state index is 0.253. The lowest BCUT2D eigenvalue weighted by Gasteiger charge is -2.19. The summed E-state index contributed by atoms with van der Waals surface area (Å²) in [5.41, 5.74) is 2.55. The lowest BCUT2D eigenvalue weighted by atomic mass is 10.1. The number of nitrogens with one attached hydrogen (secondary N) is 1. The van der Waals surface area contributed by atoms with Gasteiger partial charge in [-0.25, -0.2) is 4.21 Å². The summed E-state index contributed by atoms with van der Waals surface area (Å²) in [6.07, 6.45) is 2.05. The molecular weight excluding hydrogens is 391 g/mol. The van der Waals surface area contributed by atoms with Crippen LogP contribution in [0, 0.1) is 12.7 Å². The highest BCUT2D eigenvalue weighted by molar-refractivity contribution is 7.86. The van der Waals surface area contributed by atoms with E-state index in [2.05, 4.69) is 10.3 Å². The highest BCUT2D eigenvalue weighted by Crippen LogP contribution is 2.28. The molecule has 0 spiro atoms. The van der Waals surface area contributed by atoms with Crippen molar-refractivity contribution in [2.24, 2.45) is 0 Å². The second-order valence-corrected chi connectivity index (χ2v) is 8.43. The number of hydrogen-bond acceptors (Lipinski definition) is 4. The van der Waals surface area contributed by atoms with Crippen LogP contribution >= 0.6 is 0 Å². The fourth-order valence-electron chi connectivity index (χ4n) is 3.28. The largest absolute Gasteiger partial charge is 0.325 e. The first-order valence-corrected chi connectivity index (χ1v) is 10.6. The van der Waals surface area contributed by atoms with Gasteiger partial charge in [0.1, 0.15) is 11.0 Å². The average molecular weight is 412 g/mol. The van der Waals surface area contributed by atoms with E-state index in [1.165, 1.54) is 6.20 Å². The van der Waals surface area contributed by atoms with Crippen molar-refractivity contribution < 1.29 is 8.60 Å². The van der Waals surface area contributed by atoms with E-state index >= 15 is 0 Å². The smallest absolute Gasteiger partial charge is 0.310 e. The van der Waals surface area contributed by atoms with Crippen molar-refractivity contribution >= 4 is 28.3 Å². The minimum atomic E-state index is -1.03. The topological polar surface area (TPSA) is 67.2 Å². The number of rotatable bonds is 5. The minimum Gasteiger partial charge on any atom is -0.325 e. The van der Waals surface area contributed by atoms with Gasteiger partial charge < -0.3 is 9.88 Å². The first kappa shape index (κ1) is 19.3. The lowest BCUT2D eigenvalue weighted by Crippen LogP contribution is -2.21. The summed E-state index contributed by atoms with van der Waals surface area (Å²) in [6, 6.07) is 15.3. The number of hydrogen-bond donors (Lipinski definition) is 1. The van der Waals surface area contributed by atoms with E-state index in [4.69, 9.17) is 0 Å². The molecule has 1 aliphatic heterocycles. The van der Waals surface area contributed by atoms with Crippen LogP contribution in [0.3, 0.4) is 0 Å². The average Bonchev–Trinajstić information content (AvgIpc) is 3.14. The molecule has 29 heavy (non-hydrogen) atoms. The Balaban J connectivity index is 1.69. The van der Waals surface area contributed by atoms with Gasteiger partial charge >= 0.3 is 5.56 Å². The van der Waals surface area contributed by atoms with Gasteiger partial charge in [0.15, 0.2) is 0 Å². The van der Waals surface area contributed by atoms with Gasteiger partial charge in [-0.05, 0) is 36.6 Å². The molecule has 4 rings (SSSR count). The molecule has 150 valence electrons. The maximum absolute atomic E-state index is 13.9. The maximum atomic E-state index is 13.9. The number of anilines is 3. The van der Waals surface area contributed by atoms with Crippen molar-refractivity contribution in [3.05, 3.63) is 82.0 Å². The number of aryl methyl sites for hydroxylation is 1. The summed E-state index contributed by atoms with van der Waals surface area (Å²) < 4.78 is 29.5. The van der Waals surface area contributed by atoms with Crippen LogP contribution < -0.4 is 15.2 Å². The molecule has 2 aromatic carbocycles. The molecule has 1 aliphatic rings. The molecule has 1 atom stereocenters. The van der Waals surface area contributed by atoms with Gasteiger partial charge in [0.2, 0.25) is 11.8 Å². The Morgan fingerprint density at radius 3 is 2.72 bits per heavy atom. The van der Waals surface area contributed by atoms with Crippen molar-refractivity contribution in [2.75, 3.05) is 21.9 Å². The van der Waals surface area contributed by atoms with Crippen molar-refractivity contribution in [2.45, 2.75) is 19.9 Å². The van der Waals surface area contributed by atoms with Crippen LogP contribution in [0.25, 0.3) is 0 Å². The molecule has 0 saturated carbocycles. The van der Waals surface area contributed by atoms with Crippen LogP contribution in [-0.2, 0) is 17.5 Å². The van der Waals surface area contributed by atoms with E-state index in [1.54, 1.807) is 4.57 Å². The molecule has 1 unspecified atom stereocenters. The summed E-state index contributed by atoms with van der Waals surface area (Å²) >= 11 is 0. The molecule has 0 bridgehead atoms. The van der Waals surface area contributed by atoms with Crippen molar-refractivity contribution in [1.29, 1.82) is 0 Å². The van der Waals surface area contributed by atoms with Crippen molar-refractivity contribution in [1.82, 2.24) is 9.55 Å². The predicted molar refractivity (Wildman–Crippen MR) is 113 cm³/mol. The second-order valence-electron chi connectivity index (χ2n) is 6.94. The van der Waals surface area contributed by atoms with E-state index < -0.39 is 22.4 Å². The fourth-order valence-corrected chi connectivity index (χ4v) is 4.56. The zero-order valence-corrected chi connectivity index (χ0v) is 16.8. The van der Waals surface area contributed by atoms with Crippen LogP contribution in [0.5, 0.6) is 0 Å². The highest BCUT2D eigenvalue weighted by Gasteiger charge is 2.21. The summed E-state index contributed by atoms with van der Waals surface area (Å²) in [4.78, 5) is 15.7. The maximum Gasteiger partial charge on any atom is 0.310 e. The van der Waals surface area contributed by atoms with Crippen molar-refractivity contribution in [3.8, 4) is 0 Å². The SMILES string of the molecule is Cc1ccc(N2CCCS2=O)cc1Nc1nc(=O)c(F)cn1Cc1ccccc1. The number of benzene rings is 2. The summed E-state index contributed by atoms with van der Waals surface area (Å²) in [7, 11) is -1.03. The zero-order valence-electron chi connectivity index (χ0n) is 16.0. The van der Waals surface area contributed by atoms with Crippen LogP contribution in [0.15, 0.2) is 59.5 Å². The number of halogens is 1. The van der Waals surface area contributed by atoms with E-state index in [1.807, 2.05) is 59.8 Å². The monoisotopic (exact) mass is 412 g/mol. The quantitative estimate of drug-likeness (QED) is 0.698. The molecule has 0 radical (unpaired) electrons.